The van der Waals surface area contributed by atoms with Gasteiger partial charge in [-0.05, 0) is 23.5 Å². The summed E-state index contributed by atoms with van der Waals surface area (Å²) in [6.45, 7) is 4.17. The zero-order valence-electron chi connectivity index (χ0n) is 19.7. The smallest absolute Gasteiger partial charge is 0.308 e. The Labute approximate surface area is 204 Å². The van der Waals surface area contributed by atoms with Crippen molar-refractivity contribution in [3.63, 3.8) is 0 Å². The zero-order valence-corrected chi connectivity index (χ0v) is 19.7. The lowest BCUT2D eigenvalue weighted by Crippen LogP contribution is -2.62. The number of piperidine rings is 1. The summed E-state index contributed by atoms with van der Waals surface area (Å²) in [6, 6.07) is 25.5. The molecule has 2 aliphatic carbocycles. The number of aliphatic carboxylic acids is 1. The normalized spacial score (nSPS) is 29.9. The second kappa shape index (κ2) is 7.22. The van der Waals surface area contributed by atoms with Gasteiger partial charge in [0, 0.05) is 22.6 Å². The first-order valence-electron chi connectivity index (χ1n) is 12.1. The first kappa shape index (κ1) is 21.9. The molecular weight excluding hydrogens is 438 g/mol. The summed E-state index contributed by atoms with van der Waals surface area (Å²) in [5, 5.41) is 14.3. The number of ketones is 2. The topological polar surface area (TPSA) is 83.5 Å². The molecule has 2 N–H and O–H groups in total. The van der Waals surface area contributed by atoms with Crippen LogP contribution in [0.2, 0.25) is 0 Å². The Bertz CT molecular complexity index is 1330. The highest BCUT2D eigenvalue weighted by molar-refractivity contribution is 6.35. The van der Waals surface area contributed by atoms with Crippen molar-refractivity contribution in [2.24, 2.45) is 11.8 Å². The molecule has 1 heterocycles. The molecule has 0 unspecified atom stereocenters. The molecule has 3 aromatic rings. The lowest BCUT2D eigenvalue weighted by atomic mass is 9.68. The van der Waals surface area contributed by atoms with Gasteiger partial charge < -0.3 is 5.11 Å². The van der Waals surface area contributed by atoms with E-state index in [-0.39, 0.29) is 23.5 Å². The van der Waals surface area contributed by atoms with E-state index in [4.69, 9.17) is 0 Å². The van der Waals surface area contributed by atoms with E-state index in [2.05, 4.69) is 19.2 Å². The van der Waals surface area contributed by atoms with Crippen LogP contribution < -0.4 is 5.32 Å². The van der Waals surface area contributed by atoms with Crippen LogP contribution in [0.3, 0.4) is 0 Å². The Kier molecular flexibility index (Phi) is 4.52. The van der Waals surface area contributed by atoms with Gasteiger partial charge in [0.25, 0.3) is 0 Å². The first-order valence-corrected chi connectivity index (χ1v) is 12.1. The van der Waals surface area contributed by atoms with E-state index >= 15 is 0 Å². The van der Waals surface area contributed by atoms with Crippen LogP contribution in [0.4, 0.5) is 0 Å². The molecule has 0 bridgehead atoms. The highest BCUT2D eigenvalue weighted by Crippen LogP contribution is 2.81. The average molecular weight is 466 g/mol. The summed E-state index contributed by atoms with van der Waals surface area (Å²) in [5.74, 6) is -2.34. The molecule has 1 spiro atoms. The summed E-state index contributed by atoms with van der Waals surface area (Å²) >= 11 is 0. The van der Waals surface area contributed by atoms with Gasteiger partial charge in [-0.15, -0.1) is 0 Å². The molecular formula is C30H27NO4. The summed E-state index contributed by atoms with van der Waals surface area (Å²) in [7, 11) is 0. The number of carboxylic acids is 1. The third-order valence-electron chi connectivity index (χ3n) is 8.52. The van der Waals surface area contributed by atoms with Crippen molar-refractivity contribution in [2.75, 3.05) is 0 Å². The predicted octanol–water partition coefficient (Wildman–Crippen LogP) is 4.41. The van der Waals surface area contributed by atoms with Crippen molar-refractivity contribution in [2.45, 2.75) is 42.7 Å². The van der Waals surface area contributed by atoms with Gasteiger partial charge in [0.15, 0.2) is 17.1 Å². The van der Waals surface area contributed by atoms with E-state index in [0.717, 1.165) is 5.56 Å². The number of carbonyl (C=O) groups is 3. The Hall–Kier alpha value is -3.57. The average Bonchev–Trinajstić information content (AvgIpc) is 3.39. The third-order valence-corrected chi connectivity index (χ3v) is 8.52. The van der Waals surface area contributed by atoms with Gasteiger partial charge in [-0.3, -0.25) is 19.7 Å². The Morgan fingerprint density at radius 2 is 1.31 bits per heavy atom. The van der Waals surface area contributed by atoms with E-state index in [0.29, 0.717) is 23.1 Å². The highest BCUT2D eigenvalue weighted by atomic mass is 16.4. The third kappa shape index (κ3) is 2.34. The standard InChI is InChI=1S/C30H27NO4/c1-18(2)17-23-28(19-11-5-3-6-12-19)24(27(34)35)29(28,20-13-7-4-8-14-20)30(31-23)25(32)21-15-9-10-16-22(21)26(30)33/h3-16,18,23-24,31H,17H2,1-2H3,(H,34,35)/t23-,24-,28-,29+/m1/s1. The molecule has 1 saturated carbocycles. The van der Waals surface area contributed by atoms with Gasteiger partial charge in [-0.25, -0.2) is 0 Å². The molecule has 0 radical (unpaired) electrons. The minimum absolute atomic E-state index is 0.223. The van der Waals surface area contributed by atoms with Crippen LogP contribution in [-0.4, -0.2) is 34.2 Å². The van der Waals surface area contributed by atoms with Gasteiger partial charge in [0.1, 0.15) is 0 Å². The van der Waals surface area contributed by atoms with Crippen molar-refractivity contribution in [1.82, 2.24) is 5.32 Å². The summed E-state index contributed by atoms with van der Waals surface area (Å²) < 4.78 is 0. The Morgan fingerprint density at radius 3 is 1.80 bits per heavy atom. The number of hydrogen-bond acceptors (Lipinski definition) is 4. The van der Waals surface area contributed by atoms with E-state index in [1.165, 1.54) is 0 Å². The molecule has 1 aliphatic heterocycles. The van der Waals surface area contributed by atoms with Crippen molar-refractivity contribution in [3.8, 4) is 0 Å². The number of benzene rings is 3. The van der Waals surface area contributed by atoms with Crippen LogP contribution in [0.25, 0.3) is 0 Å². The maximum Gasteiger partial charge on any atom is 0.308 e. The molecule has 35 heavy (non-hydrogen) atoms. The minimum Gasteiger partial charge on any atom is -0.481 e. The zero-order chi connectivity index (χ0) is 24.6. The molecule has 0 aromatic heterocycles. The number of fused-ring (bicyclic) bond motifs is 3. The van der Waals surface area contributed by atoms with Crippen LogP contribution in [-0.2, 0) is 15.6 Å². The van der Waals surface area contributed by atoms with Gasteiger partial charge in [0.05, 0.1) is 11.3 Å². The molecule has 2 fully saturated rings. The number of carboxylic acid groups (broad SMARTS) is 1. The Morgan fingerprint density at radius 1 is 0.829 bits per heavy atom. The second-order valence-electron chi connectivity index (χ2n) is 10.5. The molecule has 6 rings (SSSR count). The molecule has 0 amide bonds. The molecule has 5 nitrogen and oxygen atoms in total. The first-order chi connectivity index (χ1) is 16.8. The molecule has 3 aromatic carbocycles. The predicted molar refractivity (Wildman–Crippen MR) is 132 cm³/mol. The fourth-order valence-corrected chi connectivity index (χ4v) is 7.59. The molecule has 4 atom stereocenters. The number of nitrogens with one attached hydrogen (secondary N) is 1. The van der Waals surface area contributed by atoms with Crippen LogP contribution in [0.1, 0.15) is 52.1 Å². The van der Waals surface area contributed by atoms with E-state index < -0.39 is 28.3 Å². The van der Waals surface area contributed by atoms with Gasteiger partial charge in [-0.1, -0.05) is 98.8 Å². The van der Waals surface area contributed by atoms with Crippen molar-refractivity contribution in [3.05, 3.63) is 107 Å². The molecule has 1 saturated heterocycles. The monoisotopic (exact) mass is 465 g/mol. The quantitative estimate of drug-likeness (QED) is 0.546. The van der Waals surface area contributed by atoms with Crippen LogP contribution in [0.15, 0.2) is 84.9 Å². The summed E-state index contributed by atoms with van der Waals surface area (Å²) in [6.07, 6.45) is 0.631. The fraction of sp³-hybridized carbons (Fsp3) is 0.300. The van der Waals surface area contributed by atoms with E-state index in [1.54, 1.807) is 24.3 Å². The molecule has 176 valence electrons. The molecule has 3 aliphatic rings. The number of rotatable bonds is 5. The van der Waals surface area contributed by atoms with E-state index in [1.807, 2.05) is 60.7 Å². The maximum atomic E-state index is 14.3. The fourth-order valence-electron chi connectivity index (χ4n) is 7.59. The van der Waals surface area contributed by atoms with Crippen molar-refractivity contribution in [1.29, 1.82) is 0 Å². The van der Waals surface area contributed by atoms with Crippen molar-refractivity contribution >= 4 is 17.5 Å². The van der Waals surface area contributed by atoms with Crippen LogP contribution in [0, 0.1) is 11.8 Å². The van der Waals surface area contributed by atoms with Gasteiger partial charge >= 0.3 is 5.97 Å². The minimum atomic E-state index is -1.68. The molecule has 5 heteroatoms. The maximum absolute atomic E-state index is 14.3. The summed E-state index contributed by atoms with van der Waals surface area (Å²) in [4.78, 5) is 41.8. The van der Waals surface area contributed by atoms with Crippen molar-refractivity contribution < 1.29 is 19.5 Å². The SMILES string of the molecule is CC(C)C[C@H]1NC2(C(=O)c3ccccc3C2=O)[C@@]2(c3ccccc3)[C@H](C(=O)O)[C@@]12c1ccccc1. The number of Topliss-reactive ketones (excluding diaryl/α,β-unsaturated/α-hetero) is 2. The largest absolute Gasteiger partial charge is 0.481 e. The number of carbonyl (C=O) groups excluding carboxylic acids is 2. The lowest BCUT2D eigenvalue weighted by Gasteiger charge is -2.34. The Balaban J connectivity index is 1.74. The van der Waals surface area contributed by atoms with E-state index in [9.17, 15) is 19.5 Å². The van der Waals surface area contributed by atoms with Gasteiger partial charge in [-0.2, -0.15) is 0 Å². The second-order valence-corrected chi connectivity index (χ2v) is 10.5. The lowest BCUT2D eigenvalue weighted by molar-refractivity contribution is -0.140. The van der Waals surface area contributed by atoms with Crippen LogP contribution in [0.5, 0.6) is 0 Å². The number of hydrogen-bond donors (Lipinski definition) is 2. The van der Waals surface area contributed by atoms with Crippen LogP contribution >= 0.6 is 0 Å². The highest BCUT2D eigenvalue weighted by Gasteiger charge is 2.96. The summed E-state index contributed by atoms with van der Waals surface area (Å²) in [5.41, 5.74) is -1.61. The van der Waals surface area contributed by atoms with Gasteiger partial charge in [0.2, 0.25) is 0 Å².